The minimum absolute atomic E-state index is 0.0541. The molecule has 0 saturated carbocycles. The molecule has 10 heteroatoms. The number of pyridine rings is 1. The number of aliphatic hydroxyl groups is 1. The second-order valence-corrected chi connectivity index (χ2v) is 6.62. The van der Waals surface area contributed by atoms with E-state index in [0.717, 1.165) is 12.1 Å². The zero-order valence-electron chi connectivity index (χ0n) is 15.4. The number of halogens is 2. The van der Waals surface area contributed by atoms with Crippen LogP contribution in [0, 0.1) is 11.6 Å². The van der Waals surface area contributed by atoms with E-state index in [1.807, 2.05) is 0 Å². The summed E-state index contributed by atoms with van der Waals surface area (Å²) in [6.45, 7) is 1.62. The SMILES string of the molecule is C[C@H](c1ccc(-n2nccn2)cn1)[C@@](O)(Cn1cncn1)c1ccc(F)cc1F. The molecule has 0 spiro atoms. The van der Waals surface area contributed by atoms with Crippen molar-refractivity contribution in [2.75, 3.05) is 0 Å². The number of hydrogen-bond donors (Lipinski definition) is 1. The molecule has 4 aromatic rings. The molecule has 0 radical (unpaired) electrons. The summed E-state index contributed by atoms with van der Waals surface area (Å²) in [6, 6.07) is 6.54. The summed E-state index contributed by atoms with van der Waals surface area (Å²) in [5.41, 5.74) is -0.670. The Morgan fingerprint density at radius 2 is 1.90 bits per heavy atom. The Morgan fingerprint density at radius 1 is 1.10 bits per heavy atom. The van der Waals surface area contributed by atoms with Crippen LogP contribution in [0.1, 0.15) is 24.1 Å². The number of rotatable bonds is 6. The van der Waals surface area contributed by atoms with Gasteiger partial charge in [0.05, 0.1) is 25.1 Å². The second-order valence-electron chi connectivity index (χ2n) is 6.62. The highest BCUT2D eigenvalue weighted by atomic mass is 19.1. The Labute approximate surface area is 164 Å². The zero-order chi connectivity index (χ0) is 20.4. The first kappa shape index (κ1) is 18.8. The molecule has 2 atom stereocenters. The molecule has 0 fully saturated rings. The van der Waals surface area contributed by atoms with Crippen molar-refractivity contribution in [2.24, 2.45) is 0 Å². The van der Waals surface area contributed by atoms with Crippen LogP contribution in [-0.2, 0) is 12.1 Å². The van der Waals surface area contributed by atoms with Gasteiger partial charge in [0.15, 0.2) is 0 Å². The molecule has 0 amide bonds. The van der Waals surface area contributed by atoms with E-state index in [1.165, 1.54) is 28.2 Å². The molecule has 148 valence electrons. The zero-order valence-corrected chi connectivity index (χ0v) is 15.4. The predicted molar refractivity (Wildman–Crippen MR) is 97.8 cm³/mol. The van der Waals surface area contributed by atoms with Gasteiger partial charge in [0, 0.05) is 23.2 Å². The summed E-state index contributed by atoms with van der Waals surface area (Å²) in [5.74, 6) is -2.24. The van der Waals surface area contributed by atoms with Crippen LogP contribution < -0.4 is 0 Å². The maximum Gasteiger partial charge on any atom is 0.137 e. The van der Waals surface area contributed by atoms with Crippen LogP contribution >= 0.6 is 0 Å². The molecule has 1 aromatic carbocycles. The van der Waals surface area contributed by atoms with Crippen molar-refractivity contribution < 1.29 is 13.9 Å². The number of aromatic nitrogens is 7. The van der Waals surface area contributed by atoms with Gasteiger partial charge in [-0.1, -0.05) is 13.0 Å². The first-order valence-electron chi connectivity index (χ1n) is 8.80. The van der Waals surface area contributed by atoms with Gasteiger partial charge < -0.3 is 5.11 Å². The van der Waals surface area contributed by atoms with Crippen LogP contribution in [0.5, 0.6) is 0 Å². The molecule has 3 heterocycles. The van der Waals surface area contributed by atoms with Gasteiger partial charge in [0.2, 0.25) is 0 Å². The van der Waals surface area contributed by atoms with Crippen LogP contribution in [0.25, 0.3) is 5.69 Å². The molecule has 0 unspecified atom stereocenters. The maximum absolute atomic E-state index is 14.6. The Bertz CT molecular complexity index is 1080. The summed E-state index contributed by atoms with van der Waals surface area (Å²) < 4.78 is 29.4. The van der Waals surface area contributed by atoms with E-state index in [0.29, 0.717) is 11.4 Å². The van der Waals surface area contributed by atoms with Gasteiger partial charge in [-0.05, 0) is 18.2 Å². The predicted octanol–water partition coefficient (Wildman–Crippen LogP) is 2.22. The second kappa shape index (κ2) is 7.47. The first-order chi connectivity index (χ1) is 14.0. The quantitative estimate of drug-likeness (QED) is 0.536. The highest BCUT2D eigenvalue weighted by Crippen LogP contribution is 2.39. The van der Waals surface area contributed by atoms with Crippen molar-refractivity contribution in [3.05, 3.63) is 84.5 Å². The third-order valence-corrected chi connectivity index (χ3v) is 4.85. The van der Waals surface area contributed by atoms with Crippen LogP contribution in [0.4, 0.5) is 8.78 Å². The molecule has 1 N–H and O–H groups in total. The lowest BCUT2D eigenvalue weighted by molar-refractivity contribution is -0.0123. The standard InChI is InChI=1S/C19H17F2N7O/c1-13(18-5-3-15(9-23-18)28-24-6-7-25-28)19(29,10-27-12-22-11-26-27)16-4-2-14(20)8-17(16)21/h2-9,11-13,29H,10H2,1H3/t13-,19+/m1/s1. The van der Waals surface area contributed by atoms with Gasteiger partial charge in [0.1, 0.15) is 35.6 Å². The van der Waals surface area contributed by atoms with Crippen molar-refractivity contribution in [3.63, 3.8) is 0 Å². The fraction of sp³-hybridized carbons (Fsp3) is 0.211. The largest absolute Gasteiger partial charge is 0.382 e. The average molecular weight is 397 g/mol. The summed E-state index contributed by atoms with van der Waals surface area (Å²) in [5, 5.41) is 23.7. The molecule has 0 saturated heterocycles. The van der Waals surface area contributed by atoms with Crippen molar-refractivity contribution in [1.82, 2.24) is 34.7 Å². The lowest BCUT2D eigenvalue weighted by atomic mass is 9.79. The molecule has 29 heavy (non-hydrogen) atoms. The molecule has 4 rings (SSSR count). The van der Waals surface area contributed by atoms with Crippen molar-refractivity contribution in [3.8, 4) is 5.69 Å². The highest BCUT2D eigenvalue weighted by Gasteiger charge is 2.40. The Morgan fingerprint density at radius 3 is 2.52 bits per heavy atom. The van der Waals surface area contributed by atoms with Crippen molar-refractivity contribution in [2.45, 2.75) is 25.0 Å². The summed E-state index contributed by atoms with van der Waals surface area (Å²) in [6.07, 6.45) is 7.38. The van der Waals surface area contributed by atoms with Gasteiger partial charge in [0.25, 0.3) is 0 Å². The van der Waals surface area contributed by atoms with E-state index in [-0.39, 0.29) is 12.1 Å². The van der Waals surface area contributed by atoms with Crippen LogP contribution in [0.15, 0.2) is 61.6 Å². The molecule has 0 aliphatic carbocycles. The first-order valence-corrected chi connectivity index (χ1v) is 8.80. The monoisotopic (exact) mass is 397 g/mol. The summed E-state index contributed by atoms with van der Waals surface area (Å²) in [4.78, 5) is 9.67. The summed E-state index contributed by atoms with van der Waals surface area (Å²) in [7, 11) is 0. The fourth-order valence-corrected chi connectivity index (χ4v) is 3.22. The van der Waals surface area contributed by atoms with Crippen molar-refractivity contribution in [1.29, 1.82) is 0 Å². The molecule has 0 aliphatic rings. The van der Waals surface area contributed by atoms with E-state index >= 15 is 0 Å². The lowest BCUT2D eigenvalue weighted by Crippen LogP contribution is -2.38. The number of benzene rings is 1. The topological polar surface area (TPSA) is 94.5 Å². The van der Waals surface area contributed by atoms with E-state index in [9.17, 15) is 13.9 Å². The van der Waals surface area contributed by atoms with Crippen molar-refractivity contribution >= 4 is 0 Å². The van der Waals surface area contributed by atoms with Gasteiger partial charge in [-0.25, -0.2) is 18.4 Å². The molecule has 0 bridgehead atoms. The molecule has 3 aromatic heterocycles. The minimum atomic E-state index is -1.76. The van der Waals surface area contributed by atoms with Gasteiger partial charge in [-0.3, -0.25) is 4.98 Å². The Hall–Kier alpha value is -3.53. The van der Waals surface area contributed by atoms with Gasteiger partial charge >= 0.3 is 0 Å². The fourth-order valence-electron chi connectivity index (χ4n) is 3.22. The Kier molecular flexibility index (Phi) is 4.85. The average Bonchev–Trinajstić information content (AvgIpc) is 3.41. The van der Waals surface area contributed by atoms with Crippen LogP contribution in [0.2, 0.25) is 0 Å². The van der Waals surface area contributed by atoms with E-state index < -0.39 is 23.2 Å². The van der Waals surface area contributed by atoms with Crippen LogP contribution in [0.3, 0.4) is 0 Å². The molecule has 0 aliphatic heterocycles. The van der Waals surface area contributed by atoms with E-state index in [1.54, 1.807) is 37.6 Å². The third kappa shape index (κ3) is 3.61. The molecular weight excluding hydrogens is 380 g/mol. The van der Waals surface area contributed by atoms with Crippen LogP contribution in [-0.4, -0.2) is 39.8 Å². The van der Waals surface area contributed by atoms with E-state index in [4.69, 9.17) is 0 Å². The maximum atomic E-state index is 14.6. The van der Waals surface area contributed by atoms with Gasteiger partial charge in [-0.15, -0.1) is 0 Å². The minimum Gasteiger partial charge on any atom is -0.382 e. The van der Waals surface area contributed by atoms with Gasteiger partial charge in [-0.2, -0.15) is 20.1 Å². The number of hydrogen-bond acceptors (Lipinski definition) is 6. The molecular formula is C19H17F2N7O. The molecule has 8 nitrogen and oxygen atoms in total. The lowest BCUT2D eigenvalue weighted by Gasteiger charge is -2.34. The highest BCUT2D eigenvalue weighted by molar-refractivity contribution is 5.33. The third-order valence-electron chi connectivity index (χ3n) is 4.85. The number of nitrogens with zero attached hydrogens (tertiary/aromatic N) is 7. The normalized spacial score (nSPS) is 14.5. The summed E-state index contributed by atoms with van der Waals surface area (Å²) >= 11 is 0. The van der Waals surface area contributed by atoms with E-state index in [2.05, 4.69) is 25.3 Å². The Balaban J connectivity index is 1.74. The smallest absolute Gasteiger partial charge is 0.137 e.